The van der Waals surface area contributed by atoms with Crippen molar-refractivity contribution in [2.45, 2.75) is 0 Å². The maximum absolute atomic E-state index is 6.56. The second-order valence-electron chi connectivity index (χ2n) is 13.4. The van der Waals surface area contributed by atoms with Gasteiger partial charge in [0.1, 0.15) is 11.2 Å². The first-order valence-corrected chi connectivity index (χ1v) is 17.8. The molecule has 244 valence electrons. The van der Waals surface area contributed by atoms with Gasteiger partial charge in [0.25, 0.3) is 0 Å². The zero-order valence-electron chi connectivity index (χ0n) is 28.4. The first-order valence-electron chi connectivity index (χ1n) is 17.8. The summed E-state index contributed by atoms with van der Waals surface area (Å²) in [5.41, 5.74) is 12.1. The molecule has 2 nitrogen and oxygen atoms in total. The van der Waals surface area contributed by atoms with E-state index in [2.05, 4.69) is 205 Å². The van der Waals surface area contributed by atoms with Crippen molar-refractivity contribution in [3.8, 4) is 33.4 Å². The van der Waals surface area contributed by atoms with Gasteiger partial charge in [-0.1, -0.05) is 146 Å². The molecule has 0 radical (unpaired) electrons. The molecule has 0 spiro atoms. The number of benzene rings is 9. The van der Waals surface area contributed by atoms with Gasteiger partial charge < -0.3 is 9.32 Å². The van der Waals surface area contributed by atoms with E-state index in [9.17, 15) is 0 Å². The second-order valence-corrected chi connectivity index (χ2v) is 13.4. The highest BCUT2D eigenvalue weighted by Gasteiger charge is 2.18. The summed E-state index contributed by atoms with van der Waals surface area (Å²) in [4.78, 5) is 2.36. The number of rotatable bonds is 6. The Morgan fingerprint density at radius 2 is 0.923 bits per heavy atom. The smallest absolute Gasteiger partial charge is 0.143 e. The van der Waals surface area contributed by atoms with Gasteiger partial charge in [-0.2, -0.15) is 0 Å². The van der Waals surface area contributed by atoms with Crippen LogP contribution in [0, 0.1) is 0 Å². The third-order valence-electron chi connectivity index (χ3n) is 10.2. The minimum atomic E-state index is 0.894. The summed E-state index contributed by atoms with van der Waals surface area (Å²) in [5.74, 6) is 0. The van der Waals surface area contributed by atoms with Crippen molar-refractivity contribution in [3.63, 3.8) is 0 Å². The molecule has 1 heterocycles. The Kier molecular flexibility index (Phi) is 7.18. The van der Waals surface area contributed by atoms with Crippen LogP contribution in [-0.4, -0.2) is 0 Å². The fraction of sp³-hybridized carbons (Fsp3) is 0. The van der Waals surface area contributed by atoms with Crippen molar-refractivity contribution in [2.24, 2.45) is 0 Å². The van der Waals surface area contributed by atoms with Crippen molar-refractivity contribution in [2.75, 3.05) is 4.90 Å². The Morgan fingerprint density at radius 3 is 1.75 bits per heavy atom. The van der Waals surface area contributed by atoms with E-state index < -0.39 is 0 Å². The van der Waals surface area contributed by atoms with Crippen LogP contribution in [0.15, 0.2) is 205 Å². The summed E-state index contributed by atoms with van der Waals surface area (Å²) in [6, 6.07) is 71.7. The maximum Gasteiger partial charge on any atom is 0.143 e. The van der Waals surface area contributed by atoms with Crippen LogP contribution in [0.1, 0.15) is 0 Å². The highest BCUT2D eigenvalue weighted by Crippen LogP contribution is 2.43. The first kappa shape index (κ1) is 30.0. The number of furan rings is 1. The van der Waals surface area contributed by atoms with Crippen LogP contribution in [0.25, 0.3) is 76.9 Å². The van der Waals surface area contributed by atoms with Gasteiger partial charge in [0, 0.05) is 33.2 Å². The Morgan fingerprint density at radius 1 is 0.327 bits per heavy atom. The molecule has 0 atom stereocenters. The third-order valence-corrected chi connectivity index (χ3v) is 10.2. The topological polar surface area (TPSA) is 16.4 Å². The van der Waals surface area contributed by atoms with E-state index in [1.54, 1.807) is 0 Å². The minimum absolute atomic E-state index is 0.894. The molecule has 10 rings (SSSR count). The highest BCUT2D eigenvalue weighted by atomic mass is 16.3. The molecule has 0 aliphatic rings. The minimum Gasteiger partial charge on any atom is -0.455 e. The molecule has 0 N–H and O–H groups in total. The average molecular weight is 664 g/mol. The molecular weight excluding hydrogens is 631 g/mol. The molecule has 0 fully saturated rings. The predicted octanol–water partition coefficient (Wildman–Crippen LogP) is 14.4. The third kappa shape index (κ3) is 5.21. The Labute approximate surface area is 302 Å². The molecule has 0 aliphatic carbocycles. The number of hydrogen-bond acceptors (Lipinski definition) is 2. The number of fused-ring (bicyclic) bond motifs is 6. The number of anilines is 3. The Hall–Kier alpha value is -6.90. The SMILES string of the molecule is c1ccc(-c2cccc(N(c3ccc(-c4ccc5ccccc5c4)cc3)c3cccc(-c4cccc5oc6c7ccccc7ccc6c45)c3)c2)cc1. The van der Waals surface area contributed by atoms with E-state index in [1.165, 1.54) is 38.4 Å². The van der Waals surface area contributed by atoms with E-state index in [-0.39, 0.29) is 0 Å². The molecule has 10 aromatic rings. The molecular formula is C50H33NO. The van der Waals surface area contributed by atoms with E-state index in [1.807, 2.05) is 0 Å². The molecule has 0 saturated carbocycles. The van der Waals surface area contributed by atoms with Gasteiger partial charge in [-0.15, -0.1) is 0 Å². The Balaban J connectivity index is 1.12. The van der Waals surface area contributed by atoms with Crippen LogP contribution < -0.4 is 4.90 Å². The maximum atomic E-state index is 6.56. The summed E-state index contributed by atoms with van der Waals surface area (Å²) >= 11 is 0. The molecule has 1 aromatic heterocycles. The van der Waals surface area contributed by atoms with Gasteiger partial charge in [0.15, 0.2) is 0 Å². The standard InChI is InChI=1S/C50H33NO/c1-2-11-34(12-3-1)39-16-8-18-43(32-39)51(42-28-25-36(26-29-42)40-24-23-35-13-4-5-15-38(35)31-40)44-19-9-17-41(33-44)45-21-10-22-48-49(45)47-30-27-37-14-6-7-20-46(37)50(47)52-48/h1-33H. The lowest BCUT2D eigenvalue weighted by atomic mass is 9.97. The van der Waals surface area contributed by atoms with Gasteiger partial charge in [-0.3, -0.25) is 0 Å². The quantitative estimate of drug-likeness (QED) is 0.176. The first-order chi connectivity index (χ1) is 25.8. The summed E-state index contributed by atoms with van der Waals surface area (Å²) < 4.78 is 6.56. The summed E-state index contributed by atoms with van der Waals surface area (Å²) in [5, 5.41) is 7.07. The molecule has 0 aliphatic heterocycles. The van der Waals surface area contributed by atoms with Crippen LogP contribution in [0.2, 0.25) is 0 Å². The van der Waals surface area contributed by atoms with E-state index in [0.717, 1.165) is 55.5 Å². The fourth-order valence-corrected chi connectivity index (χ4v) is 7.68. The van der Waals surface area contributed by atoms with Gasteiger partial charge in [0.2, 0.25) is 0 Å². The number of nitrogens with zero attached hydrogens (tertiary/aromatic N) is 1. The second kappa shape index (κ2) is 12.5. The largest absolute Gasteiger partial charge is 0.455 e. The molecule has 0 amide bonds. The average Bonchev–Trinajstić information content (AvgIpc) is 3.61. The summed E-state index contributed by atoms with van der Waals surface area (Å²) in [6.07, 6.45) is 0. The van der Waals surface area contributed by atoms with Crippen LogP contribution in [-0.2, 0) is 0 Å². The molecule has 52 heavy (non-hydrogen) atoms. The van der Waals surface area contributed by atoms with Crippen LogP contribution in [0.3, 0.4) is 0 Å². The summed E-state index contributed by atoms with van der Waals surface area (Å²) in [7, 11) is 0. The lowest BCUT2D eigenvalue weighted by molar-refractivity contribution is 0.673. The normalized spacial score (nSPS) is 11.5. The van der Waals surface area contributed by atoms with Gasteiger partial charge in [-0.25, -0.2) is 0 Å². The lowest BCUT2D eigenvalue weighted by Gasteiger charge is -2.27. The zero-order valence-corrected chi connectivity index (χ0v) is 28.4. The molecule has 0 unspecified atom stereocenters. The molecule has 0 bridgehead atoms. The van der Waals surface area contributed by atoms with Crippen molar-refractivity contribution in [1.82, 2.24) is 0 Å². The fourth-order valence-electron chi connectivity index (χ4n) is 7.68. The van der Waals surface area contributed by atoms with Crippen LogP contribution in [0.5, 0.6) is 0 Å². The Bertz CT molecular complexity index is 2900. The van der Waals surface area contributed by atoms with Crippen molar-refractivity contribution < 1.29 is 4.42 Å². The van der Waals surface area contributed by atoms with Crippen LogP contribution in [0.4, 0.5) is 17.1 Å². The van der Waals surface area contributed by atoms with Gasteiger partial charge in [-0.05, 0) is 104 Å². The predicted molar refractivity (Wildman–Crippen MR) is 220 cm³/mol. The zero-order chi connectivity index (χ0) is 34.4. The monoisotopic (exact) mass is 663 g/mol. The molecule has 2 heteroatoms. The van der Waals surface area contributed by atoms with E-state index in [0.29, 0.717) is 0 Å². The van der Waals surface area contributed by atoms with Gasteiger partial charge >= 0.3 is 0 Å². The summed E-state index contributed by atoms with van der Waals surface area (Å²) in [6.45, 7) is 0. The van der Waals surface area contributed by atoms with Crippen molar-refractivity contribution in [1.29, 1.82) is 0 Å². The van der Waals surface area contributed by atoms with E-state index >= 15 is 0 Å². The highest BCUT2D eigenvalue weighted by molar-refractivity contribution is 6.19. The van der Waals surface area contributed by atoms with Crippen molar-refractivity contribution in [3.05, 3.63) is 200 Å². The van der Waals surface area contributed by atoms with Gasteiger partial charge in [0.05, 0.1) is 0 Å². The molecule has 9 aromatic carbocycles. The lowest BCUT2D eigenvalue weighted by Crippen LogP contribution is -2.10. The molecule has 0 saturated heterocycles. The van der Waals surface area contributed by atoms with E-state index in [4.69, 9.17) is 4.42 Å². The number of hydrogen-bond donors (Lipinski definition) is 0. The van der Waals surface area contributed by atoms with Crippen LogP contribution >= 0.6 is 0 Å². The van der Waals surface area contributed by atoms with Crippen molar-refractivity contribution >= 4 is 60.5 Å².